The molecule has 5 heteroatoms. The number of benzene rings is 2. The summed E-state index contributed by atoms with van der Waals surface area (Å²) >= 11 is 0. The van der Waals surface area contributed by atoms with Crippen molar-refractivity contribution in [3.8, 4) is 11.5 Å². The number of allylic oxidation sites excluding steroid dienone is 1. The molecule has 0 radical (unpaired) electrons. The van der Waals surface area contributed by atoms with E-state index in [4.69, 9.17) is 9.47 Å². The van der Waals surface area contributed by atoms with Gasteiger partial charge in [-0.15, -0.1) is 0 Å². The maximum atomic E-state index is 5.49. The van der Waals surface area contributed by atoms with E-state index in [-0.39, 0.29) is 0 Å². The molecule has 0 spiro atoms. The van der Waals surface area contributed by atoms with Crippen LogP contribution >= 0.6 is 0 Å². The van der Waals surface area contributed by atoms with E-state index in [0.29, 0.717) is 5.75 Å². The van der Waals surface area contributed by atoms with Gasteiger partial charge in [0.2, 0.25) is 0 Å². The summed E-state index contributed by atoms with van der Waals surface area (Å²) in [4.78, 5) is 4.55. The molecule has 0 N–H and O–H groups in total. The lowest BCUT2D eigenvalue weighted by atomic mass is 10.1. The number of aryl methyl sites for hydroxylation is 2. The molecule has 138 valence electrons. The Hall–Kier alpha value is -3.21. The number of methoxy groups -OCH3 is 2. The van der Waals surface area contributed by atoms with Crippen LogP contribution in [0.4, 0.5) is 5.69 Å². The second-order valence-electron chi connectivity index (χ2n) is 6.62. The third-order valence-electron chi connectivity index (χ3n) is 5.04. The average molecular weight is 361 g/mol. The van der Waals surface area contributed by atoms with Gasteiger partial charge in [0.05, 0.1) is 32.1 Å². The molecular formula is C22H23N3O2. The Morgan fingerprint density at radius 1 is 0.926 bits per heavy atom. The Balaban J connectivity index is 1.75. The van der Waals surface area contributed by atoms with Crippen LogP contribution in [0.3, 0.4) is 0 Å². The number of hydrogen-bond acceptors (Lipinski definition) is 5. The van der Waals surface area contributed by atoms with Crippen molar-refractivity contribution in [2.45, 2.75) is 13.8 Å². The lowest BCUT2D eigenvalue weighted by Gasteiger charge is -2.36. The minimum atomic E-state index is 0.709. The SMILES string of the molecule is COc1ccc(C2=CC=NC3=CCN(c4ccc(C)c(C)c4)N32)cc1OC. The summed E-state index contributed by atoms with van der Waals surface area (Å²) in [6.07, 6.45) is 6.01. The summed E-state index contributed by atoms with van der Waals surface area (Å²) in [7, 11) is 3.30. The molecule has 27 heavy (non-hydrogen) atoms. The molecule has 2 aromatic rings. The minimum Gasteiger partial charge on any atom is -0.493 e. The number of fused-ring (bicyclic) bond motifs is 1. The zero-order valence-corrected chi connectivity index (χ0v) is 16.1. The van der Waals surface area contributed by atoms with Crippen molar-refractivity contribution in [3.05, 3.63) is 71.1 Å². The van der Waals surface area contributed by atoms with Crippen molar-refractivity contribution >= 4 is 17.6 Å². The quantitative estimate of drug-likeness (QED) is 0.813. The monoisotopic (exact) mass is 361 g/mol. The fraction of sp³-hybridized carbons (Fsp3) is 0.227. The van der Waals surface area contributed by atoms with Gasteiger partial charge in [0.15, 0.2) is 11.5 Å². The van der Waals surface area contributed by atoms with Crippen LogP contribution < -0.4 is 14.5 Å². The van der Waals surface area contributed by atoms with E-state index in [1.807, 2.05) is 30.5 Å². The Morgan fingerprint density at radius 3 is 2.48 bits per heavy atom. The summed E-state index contributed by atoms with van der Waals surface area (Å²) in [5.74, 6) is 2.36. The predicted octanol–water partition coefficient (Wildman–Crippen LogP) is 4.32. The second kappa shape index (κ2) is 6.83. The van der Waals surface area contributed by atoms with Gasteiger partial charge in [0.25, 0.3) is 0 Å². The van der Waals surface area contributed by atoms with Crippen molar-refractivity contribution in [1.82, 2.24) is 5.01 Å². The fourth-order valence-electron chi connectivity index (χ4n) is 3.40. The van der Waals surface area contributed by atoms with Crippen molar-refractivity contribution in [1.29, 1.82) is 0 Å². The van der Waals surface area contributed by atoms with Gasteiger partial charge >= 0.3 is 0 Å². The number of ether oxygens (including phenoxy) is 2. The molecule has 0 aromatic heterocycles. The van der Waals surface area contributed by atoms with E-state index in [1.54, 1.807) is 14.2 Å². The fourth-order valence-corrected chi connectivity index (χ4v) is 3.40. The normalized spacial score (nSPS) is 15.4. The minimum absolute atomic E-state index is 0.709. The molecule has 2 aliphatic heterocycles. The molecule has 2 aliphatic rings. The third-order valence-corrected chi connectivity index (χ3v) is 5.04. The number of rotatable bonds is 4. The number of anilines is 1. The van der Waals surface area contributed by atoms with E-state index >= 15 is 0 Å². The molecule has 0 aliphatic carbocycles. The Bertz CT molecular complexity index is 976. The molecule has 4 rings (SSSR count). The zero-order chi connectivity index (χ0) is 19.0. The molecule has 0 bridgehead atoms. The van der Waals surface area contributed by atoms with Crippen LogP contribution in [0.5, 0.6) is 11.5 Å². The van der Waals surface area contributed by atoms with Crippen LogP contribution in [0.25, 0.3) is 5.70 Å². The topological polar surface area (TPSA) is 37.3 Å². The Kier molecular flexibility index (Phi) is 4.36. The second-order valence-corrected chi connectivity index (χ2v) is 6.62. The highest BCUT2D eigenvalue weighted by Gasteiger charge is 2.30. The van der Waals surface area contributed by atoms with Crippen LogP contribution in [0.1, 0.15) is 16.7 Å². The summed E-state index contributed by atoms with van der Waals surface area (Å²) in [5.41, 5.74) is 5.80. The van der Waals surface area contributed by atoms with Crippen molar-refractivity contribution in [2.75, 3.05) is 25.8 Å². The van der Waals surface area contributed by atoms with Crippen molar-refractivity contribution in [3.63, 3.8) is 0 Å². The van der Waals surface area contributed by atoms with Crippen LogP contribution in [0.2, 0.25) is 0 Å². The number of hydrazine groups is 1. The maximum Gasteiger partial charge on any atom is 0.161 e. The largest absolute Gasteiger partial charge is 0.493 e. The standard InChI is InChI=1S/C22H23N3O2/c1-15-5-7-18(13-16(15)2)24-12-10-22-23-11-9-19(25(22)24)17-6-8-20(26-3)21(14-17)27-4/h5-11,13-14H,12H2,1-4H3. The number of aliphatic imine (C=N–C) groups is 1. The van der Waals surface area contributed by atoms with E-state index in [1.165, 1.54) is 11.1 Å². The van der Waals surface area contributed by atoms with Crippen molar-refractivity contribution in [2.24, 2.45) is 4.99 Å². The first kappa shape index (κ1) is 17.2. The van der Waals surface area contributed by atoms with Gasteiger partial charge in [-0.3, -0.25) is 5.01 Å². The van der Waals surface area contributed by atoms with Gasteiger partial charge in [-0.2, -0.15) is 0 Å². The van der Waals surface area contributed by atoms with E-state index in [9.17, 15) is 0 Å². The molecule has 2 aromatic carbocycles. The summed E-state index contributed by atoms with van der Waals surface area (Å²) in [5, 5.41) is 4.40. The molecular weight excluding hydrogens is 338 g/mol. The lowest BCUT2D eigenvalue weighted by molar-refractivity contribution is 0.354. The lowest BCUT2D eigenvalue weighted by Crippen LogP contribution is -2.37. The maximum absolute atomic E-state index is 5.49. The third kappa shape index (κ3) is 2.95. The highest BCUT2D eigenvalue weighted by molar-refractivity contribution is 5.88. The summed E-state index contributed by atoms with van der Waals surface area (Å²) in [6.45, 7) is 5.05. The summed E-state index contributed by atoms with van der Waals surface area (Å²) in [6, 6.07) is 12.5. The Morgan fingerprint density at radius 2 is 1.74 bits per heavy atom. The predicted molar refractivity (Wildman–Crippen MR) is 109 cm³/mol. The first-order valence-electron chi connectivity index (χ1n) is 8.94. The van der Waals surface area contributed by atoms with Crippen LogP contribution in [-0.2, 0) is 0 Å². The van der Waals surface area contributed by atoms with Crippen LogP contribution in [0, 0.1) is 13.8 Å². The molecule has 0 amide bonds. The van der Waals surface area contributed by atoms with Gasteiger partial charge in [-0.1, -0.05) is 6.07 Å². The van der Waals surface area contributed by atoms with E-state index in [0.717, 1.165) is 35.1 Å². The first-order chi connectivity index (χ1) is 13.1. The molecule has 0 atom stereocenters. The molecule has 0 unspecified atom stereocenters. The van der Waals surface area contributed by atoms with E-state index in [2.05, 4.69) is 53.1 Å². The molecule has 0 fully saturated rings. The number of nitrogens with zero attached hydrogens (tertiary/aromatic N) is 3. The van der Waals surface area contributed by atoms with Crippen LogP contribution in [0.15, 0.2) is 59.4 Å². The highest BCUT2D eigenvalue weighted by Crippen LogP contribution is 2.38. The molecule has 5 nitrogen and oxygen atoms in total. The smallest absolute Gasteiger partial charge is 0.161 e. The van der Waals surface area contributed by atoms with Gasteiger partial charge in [-0.05, 0) is 67.5 Å². The zero-order valence-electron chi connectivity index (χ0n) is 16.1. The van der Waals surface area contributed by atoms with Gasteiger partial charge in [0, 0.05) is 11.8 Å². The van der Waals surface area contributed by atoms with Crippen molar-refractivity contribution < 1.29 is 9.47 Å². The van der Waals surface area contributed by atoms with Gasteiger partial charge in [-0.25, -0.2) is 10.0 Å². The first-order valence-corrected chi connectivity index (χ1v) is 8.94. The van der Waals surface area contributed by atoms with E-state index < -0.39 is 0 Å². The van der Waals surface area contributed by atoms with Gasteiger partial charge < -0.3 is 9.47 Å². The molecule has 2 heterocycles. The van der Waals surface area contributed by atoms with Crippen LogP contribution in [-0.4, -0.2) is 32.0 Å². The highest BCUT2D eigenvalue weighted by atomic mass is 16.5. The average Bonchev–Trinajstić information content (AvgIpc) is 3.13. The molecule has 0 saturated heterocycles. The summed E-state index contributed by atoms with van der Waals surface area (Å²) < 4.78 is 10.9. The molecule has 0 saturated carbocycles. The van der Waals surface area contributed by atoms with Gasteiger partial charge in [0.1, 0.15) is 5.82 Å². The Labute approximate surface area is 159 Å². The number of hydrogen-bond donors (Lipinski definition) is 0.